The second-order valence-corrected chi connectivity index (χ2v) is 23.6. The van der Waals surface area contributed by atoms with Gasteiger partial charge in [0.2, 0.25) is 0 Å². The highest BCUT2D eigenvalue weighted by molar-refractivity contribution is 8.13. The molecule has 294 valence electrons. The van der Waals surface area contributed by atoms with Crippen molar-refractivity contribution < 1.29 is 19.3 Å². The summed E-state index contributed by atoms with van der Waals surface area (Å²) in [5.74, 6) is 1.97. The summed E-state index contributed by atoms with van der Waals surface area (Å²) in [6.45, 7) is 23.5. The third-order valence-electron chi connectivity index (χ3n) is 11.5. The molecule has 0 saturated carbocycles. The minimum Gasteiger partial charge on any atom is -0.507 e. The van der Waals surface area contributed by atoms with E-state index >= 15 is 0 Å². The predicted octanol–water partition coefficient (Wildman–Crippen LogP) is 12.4. The Labute approximate surface area is 340 Å². The van der Waals surface area contributed by atoms with Crippen molar-refractivity contribution in [1.29, 1.82) is 0 Å². The molecule has 5 aromatic rings. The Morgan fingerprint density at radius 3 is 0.964 bits per heavy atom. The van der Waals surface area contributed by atoms with Crippen LogP contribution in [0.4, 0.5) is 0 Å². The van der Waals surface area contributed by atoms with Crippen molar-refractivity contribution >= 4 is 23.6 Å². The lowest BCUT2D eigenvalue weighted by molar-refractivity contribution is 0.453. The molecule has 0 radical (unpaired) electrons. The molecule has 2 N–H and O–H groups in total. The van der Waals surface area contributed by atoms with Gasteiger partial charge in [0.05, 0.1) is 5.30 Å². The molecule has 8 rings (SSSR count). The average Bonchev–Trinajstić information content (AvgIpc) is 3.07. The van der Waals surface area contributed by atoms with Gasteiger partial charge in [-0.2, -0.15) is 0 Å². The standard InChI is InChI=1S/C50H59O4PS/c1-47(2,3)38-22-30-18-31-23-39(48(4,5)6)25-33(44(31)52)20-35-27-41(50(10,11)12)29-37-21-36-28-40(49(7,8)9)26-34(19-32(24-38)43(30)51)45(36)53-55(56,54-46(35)37)42-16-14-13-15-17-42/h13-17,22-29,51-52H,18-21H2,1-12H3. The summed E-state index contributed by atoms with van der Waals surface area (Å²) in [6, 6.07) is 27.7. The van der Waals surface area contributed by atoms with Crippen molar-refractivity contribution in [2.75, 3.05) is 0 Å². The van der Waals surface area contributed by atoms with Crippen molar-refractivity contribution in [3.63, 3.8) is 0 Å². The zero-order valence-electron chi connectivity index (χ0n) is 35.4. The fourth-order valence-corrected chi connectivity index (χ4v) is 10.4. The molecule has 5 aromatic carbocycles. The van der Waals surface area contributed by atoms with Crippen LogP contribution in [-0.2, 0) is 59.2 Å². The molecule has 0 fully saturated rings. The van der Waals surface area contributed by atoms with E-state index in [1.807, 2.05) is 30.3 Å². The molecule has 1 aliphatic carbocycles. The first-order chi connectivity index (χ1) is 25.9. The summed E-state index contributed by atoms with van der Waals surface area (Å²) in [5.41, 5.74) is 11.2. The highest BCUT2D eigenvalue weighted by Crippen LogP contribution is 2.55. The van der Waals surface area contributed by atoms with E-state index in [-0.39, 0.29) is 33.2 Å². The van der Waals surface area contributed by atoms with E-state index in [0.717, 1.165) is 72.4 Å². The Balaban J connectivity index is 1.65. The SMILES string of the molecule is CC(C)(C)c1cc2c(O)c(c1)Cc1cc(C(C)(C)C)cc3c1OP(=S)(c1ccccc1)Oc1c(cc(C(C)(C)C)cc1C3)Cc1cc(C(C)(C)C)cc(c1O)C2. The van der Waals surface area contributed by atoms with Crippen molar-refractivity contribution in [3.05, 3.63) is 146 Å². The van der Waals surface area contributed by atoms with Gasteiger partial charge < -0.3 is 19.3 Å². The Kier molecular flexibility index (Phi) is 9.90. The van der Waals surface area contributed by atoms with E-state index < -0.39 is 6.49 Å². The van der Waals surface area contributed by atoms with E-state index in [0.29, 0.717) is 25.7 Å². The number of phenols is 2. The Morgan fingerprint density at radius 2 is 0.679 bits per heavy atom. The number of phenolic OH excluding ortho intramolecular Hbond substituents is 2. The maximum atomic E-state index is 12.3. The van der Waals surface area contributed by atoms with Crippen LogP contribution in [-0.4, -0.2) is 10.2 Å². The van der Waals surface area contributed by atoms with Crippen LogP contribution < -0.4 is 14.4 Å². The summed E-state index contributed by atoms with van der Waals surface area (Å²) in [7, 11) is 0. The molecule has 0 amide bonds. The molecule has 10 bridgehead atoms. The van der Waals surface area contributed by atoms with Gasteiger partial charge in [0.1, 0.15) is 23.0 Å². The second-order valence-electron chi connectivity index (χ2n) is 20.3. The van der Waals surface area contributed by atoms with Gasteiger partial charge in [0.25, 0.3) is 0 Å². The van der Waals surface area contributed by atoms with Gasteiger partial charge in [0.15, 0.2) is 0 Å². The van der Waals surface area contributed by atoms with Crippen molar-refractivity contribution in [2.24, 2.45) is 0 Å². The second kappa shape index (κ2) is 13.8. The smallest absolute Gasteiger partial charge is 0.319 e. The fourth-order valence-electron chi connectivity index (χ4n) is 7.86. The molecule has 2 heterocycles. The van der Waals surface area contributed by atoms with Crippen LogP contribution in [0.15, 0.2) is 78.9 Å². The van der Waals surface area contributed by atoms with Crippen molar-refractivity contribution in [2.45, 2.75) is 130 Å². The monoisotopic (exact) mass is 786 g/mol. The normalized spacial score (nSPS) is 15.5. The Morgan fingerprint density at radius 1 is 0.429 bits per heavy atom. The van der Waals surface area contributed by atoms with Crippen molar-refractivity contribution in [3.8, 4) is 23.0 Å². The van der Waals surface area contributed by atoms with Gasteiger partial charge >= 0.3 is 6.49 Å². The van der Waals surface area contributed by atoms with Gasteiger partial charge in [-0.3, -0.25) is 0 Å². The van der Waals surface area contributed by atoms with Gasteiger partial charge in [-0.15, -0.1) is 0 Å². The average molecular weight is 787 g/mol. The first-order valence-electron chi connectivity index (χ1n) is 20.0. The summed E-state index contributed by atoms with van der Waals surface area (Å²) in [4.78, 5) is 0. The van der Waals surface area contributed by atoms with Crippen LogP contribution in [0, 0.1) is 0 Å². The van der Waals surface area contributed by atoms with Crippen LogP contribution in [0.25, 0.3) is 0 Å². The molecule has 3 aliphatic rings. The van der Waals surface area contributed by atoms with Crippen LogP contribution in [0.1, 0.15) is 150 Å². The van der Waals surface area contributed by atoms with E-state index in [2.05, 4.69) is 132 Å². The largest absolute Gasteiger partial charge is 0.507 e. The van der Waals surface area contributed by atoms with Gasteiger partial charge in [-0.05, 0) is 112 Å². The van der Waals surface area contributed by atoms with E-state index in [9.17, 15) is 10.2 Å². The lowest BCUT2D eigenvalue weighted by Gasteiger charge is -2.34. The third kappa shape index (κ3) is 7.79. The van der Waals surface area contributed by atoms with E-state index in [1.165, 1.54) is 11.1 Å². The summed E-state index contributed by atoms with van der Waals surface area (Å²) < 4.78 is 14.6. The number of hydrogen-bond acceptors (Lipinski definition) is 5. The zero-order chi connectivity index (χ0) is 40.7. The lowest BCUT2D eigenvalue weighted by atomic mass is 9.79. The number of rotatable bonds is 1. The first-order valence-corrected chi connectivity index (χ1v) is 22.6. The fraction of sp³-hybridized carbons (Fsp3) is 0.400. The highest BCUT2D eigenvalue weighted by Gasteiger charge is 2.35. The maximum Gasteiger partial charge on any atom is 0.319 e. The quantitative estimate of drug-likeness (QED) is 0.163. The zero-order valence-corrected chi connectivity index (χ0v) is 37.1. The third-order valence-corrected chi connectivity index (χ3v) is 14.4. The topological polar surface area (TPSA) is 58.9 Å². The van der Waals surface area contributed by atoms with Gasteiger partial charge in [-0.25, -0.2) is 0 Å². The summed E-state index contributed by atoms with van der Waals surface area (Å²) in [5, 5.41) is 25.5. The molecule has 2 aliphatic heterocycles. The molecular weight excluding hydrogens is 728 g/mol. The molecule has 0 spiro atoms. The van der Waals surface area contributed by atoms with Crippen LogP contribution in [0.5, 0.6) is 23.0 Å². The molecule has 0 aromatic heterocycles. The van der Waals surface area contributed by atoms with E-state index in [1.54, 1.807) is 0 Å². The number of hydrogen-bond donors (Lipinski definition) is 2. The van der Waals surface area contributed by atoms with Gasteiger partial charge in [-0.1, -0.05) is 150 Å². The molecular formula is C50H59O4PS. The van der Waals surface area contributed by atoms with Crippen molar-refractivity contribution in [1.82, 2.24) is 0 Å². The first kappa shape index (κ1) is 40.2. The van der Waals surface area contributed by atoms with Crippen LogP contribution in [0.3, 0.4) is 0 Å². The molecule has 0 saturated heterocycles. The predicted molar refractivity (Wildman–Crippen MR) is 237 cm³/mol. The molecule has 0 unspecified atom stereocenters. The van der Waals surface area contributed by atoms with Crippen LogP contribution in [0.2, 0.25) is 0 Å². The maximum absolute atomic E-state index is 12.3. The number of aromatic hydroxyl groups is 2. The Hall–Kier alpha value is -4.05. The summed E-state index contributed by atoms with van der Waals surface area (Å²) in [6.07, 6.45) is 1.81. The van der Waals surface area contributed by atoms with Gasteiger partial charge in [0, 0.05) is 25.7 Å². The van der Waals surface area contributed by atoms with Crippen LogP contribution >= 0.6 is 6.49 Å². The molecule has 6 heteroatoms. The van der Waals surface area contributed by atoms with E-state index in [4.69, 9.17) is 20.9 Å². The number of fused-ring (bicyclic) bond motifs is 2. The molecule has 4 nitrogen and oxygen atoms in total. The summed E-state index contributed by atoms with van der Waals surface area (Å²) >= 11 is 6.67. The minimum absolute atomic E-state index is 0.157. The molecule has 56 heavy (non-hydrogen) atoms. The Bertz CT molecular complexity index is 2250. The number of benzene rings is 5. The highest BCUT2D eigenvalue weighted by atomic mass is 32.5. The lowest BCUT2D eigenvalue weighted by Crippen LogP contribution is -2.21. The molecule has 0 atom stereocenters. The minimum atomic E-state index is -3.26.